The number of hydrogen-bond acceptors (Lipinski definition) is 4. The monoisotopic (exact) mass is 290 g/mol. The molecule has 0 unspecified atom stereocenters. The van der Waals surface area contributed by atoms with Crippen molar-refractivity contribution in [3.63, 3.8) is 0 Å². The minimum Gasteiger partial charge on any atom is -0.355 e. The van der Waals surface area contributed by atoms with Gasteiger partial charge in [-0.15, -0.1) is 0 Å². The van der Waals surface area contributed by atoms with Gasteiger partial charge in [0.05, 0.1) is 0 Å². The molecule has 0 atom stereocenters. The van der Waals surface area contributed by atoms with Crippen molar-refractivity contribution in [1.29, 1.82) is 0 Å². The summed E-state index contributed by atoms with van der Waals surface area (Å²) < 4.78 is 0. The van der Waals surface area contributed by atoms with Gasteiger partial charge in [-0.3, -0.25) is 0 Å². The van der Waals surface area contributed by atoms with Crippen LogP contribution < -0.4 is 10.2 Å². The molecular weight excluding hydrogens is 260 g/mol. The number of nitrogens with zero attached hydrogens (tertiary/aromatic N) is 3. The molecule has 0 bridgehead atoms. The van der Waals surface area contributed by atoms with Gasteiger partial charge in [0.25, 0.3) is 0 Å². The van der Waals surface area contributed by atoms with Crippen LogP contribution in [0.5, 0.6) is 0 Å². The topological polar surface area (TPSA) is 31.4 Å². The summed E-state index contributed by atoms with van der Waals surface area (Å²) in [5, 5.41) is 3.26. The van der Waals surface area contributed by atoms with Crippen LogP contribution in [0.1, 0.15) is 38.4 Å². The first-order valence-electron chi connectivity index (χ1n) is 7.99. The summed E-state index contributed by atoms with van der Waals surface area (Å²) in [6.07, 6.45) is 1.21. The number of likely N-dealkylation sites (N-methyl/N-ethyl adjacent to an activating group) is 1. The first-order valence-corrected chi connectivity index (χ1v) is 7.99. The summed E-state index contributed by atoms with van der Waals surface area (Å²) >= 11 is 0. The van der Waals surface area contributed by atoms with Crippen molar-refractivity contribution in [3.8, 4) is 0 Å². The molecule has 1 saturated heterocycles. The summed E-state index contributed by atoms with van der Waals surface area (Å²) in [4.78, 5) is 9.80. The number of aromatic nitrogens is 1. The Morgan fingerprint density at radius 1 is 1.14 bits per heavy atom. The average molecular weight is 290 g/mol. The molecule has 2 heterocycles. The van der Waals surface area contributed by atoms with Crippen molar-refractivity contribution >= 4 is 5.82 Å². The highest BCUT2D eigenvalue weighted by Crippen LogP contribution is 2.25. The molecule has 0 radical (unpaired) electrons. The van der Waals surface area contributed by atoms with E-state index in [0.29, 0.717) is 0 Å². The Balaban J connectivity index is 2.30. The minimum absolute atomic E-state index is 0.0845. The molecule has 0 spiro atoms. The lowest BCUT2D eigenvalue weighted by atomic mass is 9.90. The molecule has 118 valence electrons. The van der Waals surface area contributed by atoms with Gasteiger partial charge in [0.15, 0.2) is 0 Å². The molecule has 1 aliphatic rings. The summed E-state index contributed by atoms with van der Waals surface area (Å²) in [6.45, 7) is 12.1. The average Bonchev–Trinajstić information content (AvgIpc) is 2.63. The van der Waals surface area contributed by atoms with Crippen LogP contribution in [-0.4, -0.2) is 50.2 Å². The molecule has 0 aromatic carbocycles. The van der Waals surface area contributed by atoms with E-state index in [2.05, 4.69) is 55.1 Å². The Morgan fingerprint density at radius 3 is 2.57 bits per heavy atom. The maximum Gasteiger partial charge on any atom is 0.129 e. The molecule has 1 aromatic rings. The zero-order valence-electron chi connectivity index (χ0n) is 14.2. The van der Waals surface area contributed by atoms with Crippen LogP contribution in [0.4, 0.5) is 5.82 Å². The zero-order chi connectivity index (χ0) is 15.5. The lowest BCUT2D eigenvalue weighted by Gasteiger charge is -2.26. The molecular formula is C17H30N4. The SMILES string of the molecule is CNCc1cc(N2CCCN(C)CC2)nc(C(C)(C)C)c1. The molecule has 0 aliphatic carbocycles. The van der Waals surface area contributed by atoms with Gasteiger partial charge in [0, 0.05) is 37.3 Å². The maximum absolute atomic E-state index is 4.96. The van der Waals surface area contributed by atoms with E-state index in [4.69, 9.17) is 4.98 Å². The van der Waals surface area contributed by atoms with E-state index in [9.17, 15) is 0 Å². The van der Waals surface area contributed by atoms with Gasteiger partial charge in [-0.05, 0) is 44.8 Å². The van der Waals surface area contributed by atoms with Crippen molar-refractivity contribution in [2.45, 2.75) is 39.2 Å². The Morgan fingerprint density at radius 2 is 1.90 bits per heavy atom. The van der Waals surface area contributed by atoms with Crippen LogP contribution in [0.15, 0.2) is 12.1 Å². The van der Waals surface area contributed by atoms with Crippen molar-refractivity contribution in [2.24, 2.45) is 0 Å². The van der Waals surface area contributed by atoms with Gasteiger partial charge in [-0.25, -0.2) is 4.98 Å². The predicted molar refractivity (Wildman–Crippen MR) is 90.0 cm³/mol. The fraction of sp³-hybridized carbons (Fsp3) is 0.706. The highest BCUT2D eigenvalue weighted by atomic mass is 15.2. The minimum atomic E-state index is 0.0845. The van der Waals surface area contributed by atoms with Crippen LogP contribution in [0.2, 0.25) is 0 Å². The smallest absolute Gasteiger partial charge is 0.129 e. The van der Waals surface area contributed by atoms with E-state index < -0.39 is 0 Å². The molecule has 21 heavy (non-hydrogen) atoms. The van der Waals surface area contributed by atoms with E-state index >= 15 is 0 Å². The van der Waals surface area contributed by atoms with Gasteiger partial charge in [-0.2, -0.15) is 0 Å². The Labute approximate surface area is 129 Å². The number of pyridine rings is 1. The van der Waals surface area contributed by atoms with Gasteiger partial charge in [-0.1, -0.05) is 20.8 Å². The van der Waals surface area contributed by atoms with Crippen molar-refractivity contribution in [2.75, 3.05) is 45.2 Å². The van der Waals surface area contributed by atoms with Gasteiger partial charge < -0.3 is 15.1 Å². The van der Waals surface area contributed by atoms with Crippen LogP contribution in [-0.2, 0) is 12.0 Å². The maximum atomic E-state index is 4.96. The third kappa shape index (κ3) is 4.42. The van der Waals surface area contributed by atoms with Crippen molar-refractivity contribution in [3.05, 3.63) is 23.4 Å². The molecule has 0 amide bonds. The summed E-state index contributed by atoms with van der Waals surface area (Å²) in [5.74, 6) is 1.14. The van der Waals surface area contributed by atoms with E-state index in [1.54, 1.807) is 0 Å². The molecule has 4 nitrogen and oxygen atoms in total. The van der Waals surface area contributed by atoms with Crippen molar-refractivity contribution < 1.29 is 0 Å². The fourth-order valence-electron chi connectivity index (χ4n) is 2.70. The Hall–Kier alpha value is -1.13. The van der Waals surface area contributed by atoms with E-state index in [1.165, 1.54) is 24.2 Å². The van der Waals surface area contributed by atoms with E-state index in [-0.39, 0.29) is 5.41 Å². The first kappa shape index (κ1) is 16.2. The predicted octanol–water partition coefficient (Wildman–Crippen LogP) is 2.24. The summed E-state index contributed by atoms with van der Waals surface area (Å²) in [6, 6.07) is 4.49. The zero-order valence-corrected chi connectivity index (χ0v) is 14.2. The number of rotatable bonds is 3. The van der Waals surface area contributed by atoms with Gasteiger partial charge in [0.1, 0.15) is 5.82 Å². The Bertz CT molecular complexity index is 464. The molecule has 2 rings (SSSR count). The lowest BCUT2D eigenvalue weighted by molar-refractivity contribution is 0.360. The molecule has 1 fully saturated rings. The van der Waals surface area contributed by atoms with Crippen LogP contribution in [0, 0.1) is 0 Å². The van der Waals surface area contributed by atoms with Crippen LogP contribution in [0.25, 0.3) is 0 Å². The first-order chi connectivity index (χ1) is 9.90. The fourth-order valence-corrected chi connectivity index (χ4v) is 2.70. The molecule has 1 N–H and O–H groups in total. The van der Waals surface area contributed by atoms with Gasteiger partial charge in [0.2, 0.25) is 0 Å². The second-order valence-corrected chi connectivity index (χ2v) is 7.14. The van der Waals surface area contributed by atoms with Crippen molar-refractivity contribution in [1.82, 2.24) is 15.2 Å². The molecule has 4 heteroatoms. The quantitative estimate of drug-likeness (QED) is 0.925. The number of hydrogen-bond donors (Lipinski definition) is 1. The van der Waals surface area contributed by atoms with E-state index in [0.717, 1.165) is 32.0 Å². The normalized spacial score (nSPS) is 17.9. The van der Waals surface area contributed by atoms with Crippen LogP contribution >= 0.6 is 0 Å². The summed E-state index contributed by atoms with van der Waals surface area (Å²) in [5.41, 5.74) is 2.59. The molecule has 1 aromatic heterocycles. The second-order valence-electron chi connectivity index (χ2n) is 7.14. The second kappa shape index (κ2) is 6.75. The molecule has 0 saturated carbocycles. The van der Waals surface area contributed by atoms with E-state index in [1.807, 2.05) is 7.05 Å². The number of anilines is 1. The highest BCUT2D eigenvalue weighted by molar-refractivity contribution is 5.44. The number of nitrogens with one attached hydrogen (secondary N) is 1. The highest BCUT2D eigenvalue weighted by Gasteiger charge is 2.20. The lowest BCUT2D eigenvalue weighted by Crippen LogP contribution is -2.30. The third-order valence-corrected chi connectivity index (χ3v) is 4.06. The largest absolute Gasteiger partial charge is 0.355 e. The Kier molecular flexibility index (Phi) is 5.22. The standard InChI is InChI=1S/C17H30N4/c1-17(2,3)15-11-14(13-18-4)12-16(19-15)21-8-6-7-20(5)9-10-21/h11-12,18H,6-10,13H2,1-5H3. The van der Waals surface area contributed by atoms with Crippen LogP contribution in [0.3, 0.4) is 0 Å². The van der Waals surface area contributed by atoms with Gasteiger partial charge >= 0.3 is 0 Å². The molecule has 1 aliphatic heterocycles. The third-order valence-electron chi connectivity index (χ3n) is 4.06. The summed E-state index contributed by atoms with van der Waals surface area (Å²) in [7, 11) is 4.20.